The number of hydrogen-bond donors (Lipinski definition) is 2. The van der Waals surface area contributed by atoms with Crippen LogP contribution in [0.3, 0.4) is 0 Å². The van der Waals surface area contributed by atoms with Crippen LogP contribution in [0.2, 0.25) is 0 Å². The standard InChI is InChI=1S/C29H49N3O5/c1-2-3-4-5-6-7-8-9-10-11-12-13-15-19-31-28(33)36-23-25-20-27(35-22-25)24-37-29(34)32-21-26-17-14-16-18-30-26/h14,16-18,25,27H,2-13,15,19-24H2,1H3,(H,31,33)(H,32,34)/t25-,27+/m0/s1. The molecule has 1 fully saturated rings. The molecule has 0 aromatic carbocycles. The van der Waals surface area contributed by atoms with E-state index in [0.29, 0.717) is 32.7 Å². The highest BCUT2D eigenvalue weighted by atomic mass is 16.6. The molecule has 1 aliphatic rings. The van der Waals surface area contributed by atoms with E-state index in [1.807, 2.05) is 18.2 Å². The van der Waals surface area contributed by atoms with E-state index in [4.69, 9.17) is 14.2 Å². The Morgan fingerprint density at radius 2 is 1.49 bits per heavy atom. The lowest BCUT2D eigenvalue weighted by molar-refractivity contribution is 0.0410. The molecule has 1 aliphatic heterocycles. The fourth-order valence-electron chi connectivity index (χ4n) is 4.48. The highest BCUT2D eigenvalue weighted by Gasteiger charge is 2.27. The fraction of sp³-hybridized carbons (Fsp3) is 0.759. The van der Waals surface area contributed by atoms with Gasteiger partial charge in [0.25, 0.3) is 0 Å². The van der Waals surface area contributed by atoms with Crippen molar-refractivity contribution in [3.8, 4) is 0 Å². The van der Waals surface area contributed by atoms with Crippen LogP contribution in [-0.4, -0.2) is 49.6 Å². The number of alkyl carbamates (subject to hydrolysis) is 2. The molecule has 1 aromatic heterocycles. The summed E-state index contributed by atoms with van der Waals surface area (Å²) >= 11 is 0. The summed E-state index contributed by atoms with van der Waals surface area (Å²) in [6, 6.07) is 5.52. The molecule has 0 bridgehead atoms. The van der Waals surface area contributed by atoms with Crippen molar-refractivity contribution in [1.82, 2.24) is 15.6 Å². The molecule has 2 atom stereocenters. The van der Waals surface area contributed by atoms with Crippen molar-refractivity contribution in [2.45, 2.75) is 109 Å². The number of nitrogens with zero attached hydrogens (tertiary/aromatic N) is 1. The number of amides is 2. The lowest BCUT2D eigenvalue weighted by Gasteiger charge is -2.12. The molecule has 0 radical (unpaired) electrons. The van der Waals surface area contributed by atoms with E-state index in [1.54, 1.807) is 6.20 Å². The van der Waals surface area contributed by atoms with Crippen LogP contribution >= 0.6 is 0 Å². The van der Waals surface area contributed by atoms with E-state index < -0.39 is 6.09 Å². The average molecular weight is 520 g/mol. The molecule has 2 heterocycles. The number of carbonyl (C=O) groups excluding carboxylic acids is 2. The van der Waals surface area contributed by atoms with Gasteiger partial charge in [-0.3, -0.25) is 4.98 Å². The van der Waals surface area contributed by atoms with Gasteiger partial charge in [-0.2, -0.15) is 0 Å². The van der Waals surface area contributed by atoms with Gasteiger partial charge in [-0.25, -0.2) is 9.59 Å². The van der Waals surface area contributed by atoms with E-state index >= 15 is 0 Å². The number of ether oxygens (including phenoxy) is 3. The molecule has 2 rings (SSSR count). The second-order valence-corrected chi connectivity index (χ2v) is 10.1. The van der Waals surface area contributed by atoms with Gasteiger partial charge in [-0.15, -0.1) is 0 Å². The lowest BCUT2D eigenvalue weighted by Crippen LogP contribution is -2.28. The highest BCUT2D eigenvalue weighted by Crippen LogP contribution is 2.20. The van der Waals surface area contributed by atoms with Gasteiger partial charge in [0.05, 0.1) is 31.6 Å². The van der Waals surface area contributed by atoms with E-state index in [9.17, 15) is 9.59 Å². The van der Waals surface area contributed by atoms with Crippen molar-refractivity contribution < 1.29 is 23.8 Å². The van der Waals surface area contributed by atoms with Gasteiger partial charge in [0.2, 0.25) is 0 Å². The topological polar surface area (TPSA) is 98.8 Å². The second kappa shape index (κ2) is 20.7. The Kier molecular flexibility index (Phi) is 17.3. The number of aromatic nitrogens is 1. The Labute approximate surface area is 223 Å². The highest BCUT2D eigenvalue weighted by molar-refractivity contribution is 5.67. The quantitative estimate of drug-likeness (QED) is 0.190. The van der Waals surface area contributed by atoms with Crippen molar-refractivity contribution >= 4 is 12.2 Å². The summed E-state index contributed by atoms with van der Waals surface area (Å²) in [6.45, 7) is 4.22. The molecular formula is C29H49N3O5. The zero-order valence-corrected chi connectivity index (χ0v) is 22.9. The van der Waals surface area contributed by atoms with Crippen molar-refractivity contribution in [3.63, 3.8) is 0 Å². The third kappa shape index (κ3) is 16.2. The maximum absolute atomic E-state index is 11.9. The first-order chi connectivity index (χ1) is 18.2. The van der Waals surface area contributed by atoms with Gasteiger partial charge >= 0.3 is 12.2 Å². The summed E-state index contributed by atoms with van der Waals surface area (Å²) in [7, 11) is 0. The first kappa shape index (κ1) is 30.9. The van der Waals surface area contributed by atoms with Crippen molar-refractivity contribution in [1.29, 1.82) is 0 Å². The zero-order chi connectivity index (χ0) is 26.4. The molecule has 2 N–H and O–H groups in total. The van der Waals surface area contributed by atoms with E-state index in [1.165, 1.54) is 70.6 Å². The van der Waals surface area contributed by atoms with Gasteiger partial charge in [-0.05, 0) is 25.0 Å². The van der Waals surface area contributed by atoms with Crippen LogP contribution in [-0.2, 0) is 20.8 Å². The Bertz CT molecular complexity index is 719. The molecular weight excluding hydrogens is 470 g/mol. The largest absolute Gasteiger partial charge is 0.449 e. The van der Waals surface area contributed by atoms with Crippen LogP contribution in [0.15, 0.2) is 24.4 Å². The molecule has 0 spiro atoms. The molecule has 0 unspecified atom stereocenters. The van der Waals surface area contributed by atoms with E-state index in [0.717, 1.165) is 18.5 Å². The maximum Gasteiger partial charge on any atom is 0.407 e. The maximum atomic E-state index is 11.9. The van der Waals surface area contributed by atoms with Gasteiger partial charge in [-0.1, -0.05) is 90.0 Å². The predicted molar refractivity (Wildman–Crippen MR) is 145 cm³/mol. The van der Waals surface area contributed by atoms with Crippen LogP contribution in [0, 0.1) is 5.92 Å². The third-order valence-corrected chi connectivity index (χ3v) is 6.70. The Balaban J connectivity index is 1.35. The second-order valence-electron chi connectivity index (χ2n) is 10.1. The van der Waals surface area contributed by atoms with E-state index in [2.05, 4.69) is 22.5 Å². The van der Waals surface area contributed by atoms with Crippen molar-refractivity contribution in [2.75, 3.05) is 26.4 Å². The van der Waals surface area contributed by atoms with Gasteiger partial charge in [0.15, 0.2) is 0 Å². The molecule has 0 saturated carbocycles. The van der Waals surface area contributed by atoms with E-state index in [-0.39, 0.29) is 24.7 Å². The summed E-state index contributed by atoms with van der Waals surface area (Å²) in [5.41, 5.74) is 0.765. The first-order valence-electron chi connectivity index (χ1n) is 14.5. The minimum atomic E-state index is -0.499. The number of pyridine rings is 1. The number of rotatable bonds is 20. The van der Waals surface area contributed by atoms with Crippen molar-refractivity contribution in [3.05, 3.63) is 30.1 Å². The van der Waals surface area contributed by atoms with Crippen LogP contribution in [0.1, 0.15) is 103 Å². The third-order valence-electron chi connectivity index (χ3n) is 6.70. The van der Waals surface area contributed by atoms with Crippen LogP contribution < -0.4 is 10.6 Å². The molecule has 0 aliphatic carbocycles. The van der Waals surface area contributed by atoms with Crippen LogP contribution in [0.25, 0.3) is 0 Å². The summed E-state index contributed by atoms with van der Waals surface area (Å²) in [6.07, 6.45) is 18.3. The van der Waals surface area contributed by atoms with Gasteiger partial charge in [0.1, 0.15) is 6.61 Å². The molecule has 37 heavy (non-hydrogen) atoms. The Morgan fingerprint density at radius 1 is 0.865 bits per heavy atom. The number of nitrogens with one attached hydrogen (secondary N) is 2. The Morgan fingerprint density at radius 3 is 2.14 bits per heavy atom. The molecule has 1 aromatic rings. The monoisotopic (exact) mass is 519 g/mol. The van der Waals surface area contributed by atoms with Crippen LogP contribution in [0.5, 0.6) is 0 Å². The normalized spacial score (nSPS) is 16.9. The summed E-state index contributed by atoms with van der Waals surface area (Å²) in [4.78, 5) is 27.9. The van der Waals surface area contributed by atoms with Crippen molar-refractivity contribution in [2.24, 2.45) is 5.92 Å². The number of hydrogen-bond acceptors (Lipinski definition) is 6. The average Bonchev–Trinajstić information content (AvgIpc) is 3.38. The minimum absolute atomic E-state index is 0.118. The molecule has 210 valence electrons. The molecule has 8 nitrogen and oxygen atoms in total. The van der Waals surface area contributed by atoms with Gasteiger partial charge < -0.3 is 24.8 Å². The predicted octanol–water partition coefficient (Wildman–Crippen LogP) is 6.53. The number of carbonyl (C=O) groups is 2. The fourth-order valence-corrected chi connectivity index (χ4v) is 4.48. The minimum Gasteiger partial charge on any atom is -0.449 e. The first-order valence-corrected chi connectivity index (χ1v) is 14.5. The number of unbranched alkanes of at least 4 members (excludes halogenated alkanes) is 12. The summed E-state index contributed by atoms with van der Waals surface area (Å²) in [5.74, 6) is 0.118. The zero-order valence-electron chi connectivity index (χ0n) is 22.9. The smallest absolute Gasteiger partial charge is 0.407 e. The molecule has 8 heteroatoms. The lowest BCUT2D eigenvalue weighted by atomic mass is 10.0. The molecule has 2 amide bonds. The summed E-state index contributed by atoms with van der Waals surface area (Å²) < 4.78 is 16.2. The summed E-state index contributed by atoms with van der Waals surface area (Å²) in [5, 5.41) is 5.51. The Hall–Kier alpha value is -2.35. The SMILES string of the molecule is CCCCCCCCCCCCCCCNC(=O)OC[C@@H]1CO[C@@H](COC(=O)NCc2ccccn2)C1. The van der Waals surface area contributed by atoms with Gasteiger partial charge in [0, 0.05) is 18.7 Å². The molecule has 1 saturated heterocycles. The van der Waals surface area contributed by atoms with Crippen LogP contribution in [0.4, 0.5) is 9.59 Å².